The van der Waals surface area contributed by atoms with Crippen molar-refractivity contribution >= 4 is 11.8 Å². The van der Waals surface area contributed by atoms with Crippen molar-refractivity contribution in [1.29, 1.82) is 0 Å². The summed E-state index contributed by atoms with van der Waals surface area (Å²) in [5, 5.41) is 0. The minimum Gasteiger partial charge on any atom is -0.483 e. The highest BCUT2D eigenvalue weighted by Gasteiger charge is 2.33. The molecule has 5 nitrogen and oxygen atoms in total. The van der Waals surface area contributed by atoms with Crippen LogP contribution < -0.4 is 0 Å². The fourth-order valence-corrected chi connectivity index (χ4v) is 1.49. The lowest BCUT2D eigenvalue weighted by Gasteiger charge is -2.03. The first kappa shape index (κ1) is 11.3. The first-order valence-electron chi connectivity index (χ1n) is 5.13. The standard InChI is InChI=1S/C12H11NO4/c1-7-10(14)11(8(2)16-7)17-12(15)9-3-5-13-6-4-9/h3-7H,1-2H3. The van der Waals surface area contributed by atoms with E-state index in [0.717, 1.165) is 0 Å². The summed E-state index contributed by atoms with van der Waals surface area (Å²) in [6.07, 6.45) is 2.37. The minimum absolute atomic E-state index is 0.0145. The van der Waals surface area contributed by atoms with Gasteiger partial charge in [0, 0.05) is 12.4 Å². The van der Waals surface area contributed by atoms with Crippen LogP contribution in [0.3, 0.4) is 0 Å². The Kier molecular flexibility index (Phi) is 2.91. The summed E-state index contributed by atoms with van der Waals surface area (Å²) in [7, 11) is 0. The maximum absolute atomic E-state index is 11.7. The summed E-state index contributed by atoms with van der Waals surface area (Å²) in [5.74, 6) is -0.582. The zero-order valence-corrected chi connectivity index (χ0v) is 9.47. The first-order valence-corrected chi connectivity index (χ1v) is 5.13. The first-order chi connectivity index (χ1) is 8.09. The summed E-state index contributed by atoms with van der Waals surface area (Å²) < 4.78 is 10.2. The quantitative estimate of drug-likeness (QED) is 0.723. The van der Waals surface area contributed by atoms with Crippen molar-refractivity contribution in [2.45, 2.75) is 20.0 Å². The Hall–Kier alpha value is -2.17. The Bertz CT molecular complexity index is 492. The molecule has 1 aromatic heterocycles. The topological polar surface area (TPSA) is 65.5 Å². The van der Waals surface area contributed by atoms with Crippen molar-refractivity contribution in [3.63, 3.8) is 0 Å². The molecule has 0 spiro atoms. The van der Waals surface area contributed by atoms with Crippen LogP contribution in [0.2, 0.25) is 0 Å². The van der Waals surface area contributed by atoms with Gasteiger partial charge in [-0.15, -0.1) is 0 Å². The second kappa shape index (κ2) is 4.37. The molecule has 0 fully saturated rings. The fraction of sp³-hybridized carbons (Fsp3) is 0.250. The average molecular weight is 233 g/mol. The molecular weight excluding hydrogens is 222 g/mol. The van der Waals surface area contributed by atoms with Gasteiger partial charge in [0.05, 0.1) is 5.56 Å². The molecule has 0 saturated heterocycles. The number of hydrogen-bond donors (Lipinski definition) is 0. The molecule has 0 saturated carbocycles. The van der Waals surface area contributed by atoms with E-state index in [4.69, 9.17) is 9.47 Å². The third-order valence-electron chi connectivity index (χ3n) is 2.38. The van der Waals surface area contributed by atoms with Crippen LogP contribution in [0.1, 0.15) is 24.2 Å². The second-order valence-corrected chi connectivity index (χ2v) is 3.64. The van der Waals surface area contributed by atoms with Crippen molar-refractivity contribution in [3.8, 4) is 0 Å². The largest absolute Gasteiger partial charge is 0.483 e. The summed E-state index contributed by atoms with van der Waals surface area (Å²) in [4.78, 5) is 27.1. The van der Waals surface area contributed by atoms with E-state index in [2.05, 4.69) is 4.98 Å². The molecule has 1 atom stereocenters. The average Bonchev–Trinajstić information content (AvgIpc) is 2.57. The minimum atomic E-state index is -0.590. The number of aromatic nitrogens is 1. The molecule has 0 amide bonds. The Morgan fingerprint density at radius 1 is 1.41 bits per heavy atom. The van der Waals surface area contributed by atoms with Crippen LogP contribution in [0.5, 0.6) is 0 Å². The van der Waals surface area contributed by atoms with Crippen molar-refractivity contribution in [2.75, 3.05) is 0 Å². The number of carbonyl (C=O) groups is 2. The lowest BCUT2D eigenvalue weighted by molar-refractivity contribution is -0.122. The van der Waals surface area contributed by atoms with E-state index in [0.29, 0.717) is 11.3 Å². The van der Waals surface area contributed by atoms with Crippen LogP contribution in [0, 0.1) is 0 Å². The number of pyridine rings is 1. The van der Waals surface area contributed by atoms with Gasteiger partial charge in [-0.3, -0.25) is 9.78 Å². The number of hydrogen-bond acceptors (Lipinski definition) is 5. The van der Waals surface area contributed by atoms with Crippen molar-refractivity contribution in [1.82, 2.24) is 4.98 Å². The monoisotopic (exact) mass is 233 g/mol. The molecule has 17 heavy (non-hydrogen) atoms. The predicted octanol–water partition coefficient (Wildman–Crippen LogP) is 1.46. The lowest BCUT2D eigenvalue weighted by Crippen LogP contribution is -2.17. The van der Waals surface area contributed by atoms with E-state index < -0.39 is 12.1 Å². The van der Waals surface area contributed by atoms with Crippen LogP contribution >= 0.6 is 0 Å². The number of carbonyl (C=O) groups excluding carboxylic acids is 2. The number of nitrogens with zero attached hydrogens (tertiary/aromatic N) is 1. The second-order valence-electron chi connectivity index (χ2n) is 3.64. The maximum Gasteiger partial charge on any atom is 0.343 e. The van der Waals surface area contributed by atoms with E-state index >= 15 is 0 Å². The van der Waals surface area contributed by atoms with E-state index in [9.17, 15) is 9.59 Å². The molecule has 0 aliphatic carbocycles. The van der Waals surface area contributed by atoms with Crippen LogP contribution in [0.4, 0.5) is 0 Å². The van der Waals surface area contributed by atoms with Crippen molar-refractivity contribution < 1.29 is 19.1 Å². The van der Waals surface area contributed by atoms with Gasteiger partial charge >= 0.3 is 5.97 Å². The van der Waals surface area contributed by atoms with Crippen molar-refractivity contribution in [2.24, 2.45) is 0 Å². The van der Waals surface area contributed by atoms with Crippen LogP contribution in [0.25, 0.3) is 0 Å². The highest BCUT2D eigenvalue weighted by Crippen LogP contribution is 2.22. The highest BCUT2D eigenvalue weighted by molar-refractivity contribution is 6.02. The number of ketones is 1. The third kappa shape index (κ3) is 2.18. The van der Waals surface area contributed by atoms with E-state index in [1.165, 1.54) is 24.5 Å². The van der Waals surface area contributed by atoms with Crippen LogP contribution in [-0.2, 0) is 14.3 Å². The highest BCUT2D eigenvalue weighted by atomic mass is 16.6. The molecule has 0 radical (unpaired) electrons. The molecule has 2 rings (SSSR count). The summed E-state index contributed by atoms with van der Waals surface area (Å²) in [6, 6.07) is 3.03. The molecule has 1 unspecified atom stereocenters. The molecule has 1 aliphatic rings. The van der Waals surface area contributed by atoms with Gasteiger partial charge in [-0.25, -0.2) is 4.79 Å². The van der Waals surface area contributed by atoms with E-state index in [-0.39, 0.29) is 11.5 Å². The Morgan fingerprint density at radius 3 is 2.59 bits per heavy atom. The Balaban J connectivity index is 2.15. The molecular formula is C12H11NO4. The van der Waals surface area contributed by atoms with Gasteiger partial charge in [-0.1, -0.05) is 0 Å². The molecule has 5 heteroatoms. The normalized spacial score (nSPS) is 19.2. The fourth-order valence-electron chi connectivity index (χ4n) is 1.49. The van der Waals surface area contributed by atoms with Gasteiger partial charge < -0.3 is 9.47 Å². The van der Waals surface area contributed by atoms with E-state index in [1.54, 1.807) is 13.8 Å². The lowest BCUT2D eigenvalue weighted by atomic mass is 10.2. The Labute approximate surface area is 98.1 Å². The molecule has 1 aromatic rings. The number of Topliss-reactive ketones (excluding diaryl/α,β-unsaturated/α-hetero) is 1. The number of rotatable bonds is 2. The molecule has 1 aliphatic heterocycles. The van der Waals surface area contributed by atoms with Crippen LogP contribution in [0.15, 0.2) is 36.0 Å². The molecule has 2 heterocycles. The zero-order chi connectivity index (χ0) is 12.4. The molecule has 0 N–H and O–H groups in total. The van der Waals surface area contributed by atoms with Gasteiger partial charge in [0.25, 0.3) is 0 Å². The summed E-state index contributed by atoms with van der Waals surface area (Å²) >= 11 is 0. The maximum atomic E-state index is 11.7. The molecule has 88 valence electrons. The summed E-state index contributed by atoms with van der Waals surface area (Å²) in [6.45, 7) is 3.20. The SMILES string of the molecule is CC1=C(OC(=O)c2ccncc2)C(=O)C(C)O1. The van der Waals surface area contributed by atoms with Crippen LogP contribution in [-0.4, -0.2) is 22.8 Å². The third-order valence-corrected chi connectivity index (χ3v) is 2.38. The smallest absolute Gasteiger partial charge is 0.343 e. The van der Waals surface area contributed by atoms with E-state index in [1.807, 2.05) is 0 Å². The number of esters is 1. The number of allylic oxidation sites excluding steroid dienone is 1. The van der Waals surface area contributed by atoms with Gasteiger partial charge in [0.2, 0.25) is 11.5 Å². The van der Waals surface area contributed by atoms with Gasteiger partial charge in [0.15, 0.2) is 6.10 Å². The van der Waals surface area contributed by atoms with Gasteiger partial charge in [-0.05, 0) is 26.0 Å². The molecule has 0 aromatic carbocycles. The van der Waals surface area contributed by atoms with Gasteiger partial charge in [0.1, 0.15) is 5.76 Å². The van der Waals surface area contributed by atoms with Gasteiger partial charge in [-0.2, -0.15) is 0 Å². The molecule has 0 bridgehead atoms. The number of ether oxygens (including phenoxy) is 2. The Morgan fingerprint density at radius 2 is 2.06 bits per heavy atom. The zero-order valence-electron chi connectivity index (χ0n) is 9.47. The summed E-state index contributed by atoms with van der Waals surface area (Å²) in [5.41, 5.74) is 0.340. The predicted molar refractivity (Wildman–Crippen MR) is 57.9 cm³/mol. The van der Waals surface area contributed by atoms with Crippen molar-refractivity contribution in [3.05, 3.63) is 41.6 Å².